The maximum absolute atomic E-state index is 15.4. The zero-order valence-corrected chi connectivity index (χ0v) is 27.0. The Labute approximate surface area is 270 Å². The maximum atomic E-state index is 15.4. The maximum Gasteiger partial charge on any atom is 0.425 e. The second-order valence-electron chi connectivity index (χ2n) is 11.7. The molecule has 3 aromatic rings. The number of carbonyl (C=O) groups is 2. The smallest absolute Gasteiger partial charge is 0.425 e. The van der Waals surface area contributed by atoms with Gasteiger partial charge in [0.05, 0.1) is 17.7 Å². The second kappa shape index (κ2) is 19.1. The molecule has 1 unspecified atom stereocenters. The molecule has 0 aliphatic carbocycles. The van der Waals surface area contributed by atoms with Crippen molar-refractivity contribution in [1.29, 1.82) is 0 Å². The molecule has 0 radical (unpaired) electrons. The van der Waals surface area contributed by atoms with E-state index in [-0.39, 0.29) is 18.4 Å². The Morgan fingerprint density at radius 1 is 0.674 bits per heavy atom. The molecule has 0 aliphatic rings. The predicted octanol–water partition coefficient (Wildman–Crippen LogP) is 11.5. The van der Waals surface area contributed by atoms with E-state index >= 15 is 4.39 Å². The topological polar surface area (TPSA) is 52.6 Å². The van der Waals surface area contributed by atoms with Gasteiger partial charge in [0.25, 0.3) is 0 Å². The summed E-state index contributed by atoms with van der Waals surface area (Å²) in [6.07, 6.45) is 3.97. The highest BCUT2D eigenvalue weighted by Gasteiger charge is 2.42. The summed E-state index contributed by atoms with van der Waals surface area (Å²) in [4.78, 5) is 25.6. The molecule has 3 aromatic carbocycles. The van der Waals surface area contributed by atoms with Crippen molar-refractivity contribution in [3.63, 3.8) is 0 Å². The van der Waals surface area contributed by atoms with E-state index in [4.69, 9.17) is 9.47 Å². The predicted molar refractivity (Wildman–Crippen MR) is 174 cm³/mol. The van der Waals surface area contributed by atoms with Crippen molar-refractivity contribution in [1.82, 2.24) is 0 Å². The monoisotopic (exact) mass is 642 g/mol. The van der Waals surface area contributed by atoms with Gasteiger partial charge in [0, 0.05) is 0 Å². The lowest BCUT2D eigenvalue weighted by atomic mass is 9.92. The van der Waals surface area contributed by atoms with Crippen molar-refractivity contribution in [2.24, 2.45) is 0 Å². The van der Waals surface area contributed by atoms with Gasteiger partial charge in [-0.15, -0.1) is 0 Å². The molecule has 0 saturated carbocycles. The largest absolute Gasteiger partial charge is 0.462 e. The van der Waals surface area contributed by atoms with Crippen LogP contribution in [0.1, 0.15) is 118 Å². The van der Waals surface area contributed by atoms with Crippen LogP contribution in [0.2, 0.25) is 0 Å². The van der Waals surface area contributed by atoms with Gasteiger partial charge in [-0.25, -0.2) is 14.0 Å². The molecule has 0 spiro atoms. The molecule has 0 aromatic heterocycles. The van der Waals surface area contributed by atoms with Gasteiger partial charge in [-0.1, -0.05) is 121 Å². The highest BCUT2D eigenvalue weighted by molar-refractivity contribution is 5.95. The lowest BCUT2D eigenvalue weighted by Crippen LogP contribution is -2.34. The van der Waals surface area contributed by atoms with Gasteiger partial charge in [-0.2, -0.15) is 13.2 Å². The minimum atomic E-state index is -4.76. The van der Waals surface area contributed by atoms with Crippen LogP contribution in [-0.2, 0) is 9.47 Å². The summed E-state index contributed by atoms with van der Waals surface area (Å²) in [5.41, 5.74) is 2.08. The van der Waals surface area contributed by atoms with Gasteiger partial charge in [0.15, 0.2) is 6.10 Å². The third-order valence-corrected chi connectivity index (χ3v) is 8.01. The van der Waals surface area contributed by atoms with Crippen LogP contribution in [0.5, 0.6) is 0 Å². The van der Waals surface area contributed by atoms with E-state index in [2.05, 4.69) is 6.92 Å². The number of alkyl halides is 3. The summed E-state index contributed by atoms with van der Waals surface area (Å²) in [5, 5.41) is 0. The highest BCUT2D eigenvalue weighted by Crippen LogP contribution is 2.35. The fourth-order valence-corrected chi connectivity index (χ4v) is 5.35. The average molecular weight is 643 g/mol. The Hall–Kier alpha value is -3.68. The Bertz CT molecular complexity index is 1370. The number of benzene rings is 3. The van der Waals surface area contributed by atoms with E-state index in [1.807, 2.05) is 37.3 Å². The molecular weight excluding hydrogens is 596 g/mol. The zero-order valence-electron chi connectivity index (χ0n) is 27.0. The Kier molecular flexibility index (Phi) is 15.3. The number of hydrogen-bond acceptors (Lipinski definition) is 4. The quantitative estimate of drug-likeness (QED) is 0.0742. The van der Waals surface area contributed by atoms with E-state index in [9.17, 15) is 22.8 Å². The van der Waals surface area contributed by atoms with E-state index in [0.29, 0.717) is 29.7 Å². The fourth-order valence-electron chi connectivity index (χ4n) is 5.35. The first kappa shape index (κ1) is 36.8. The van der Waals surface area contributed by atoms with Gasteiger partial charge in [-0.05, 0) is 65.8 Å². The number of hydrogen-bond donors (Lipinski definition) is 0. The van der Waals surface area contributed by atoms with Crippen LogP contribution < -0.4 is 0 Å². The standard InChI is InChI=1S/C38H46F4O4/c1-3-5-7-9-10-11-12-17-25-45-36(43)30-22-23-31(28-18-14-13-15-19-28)33(26-30)29-21-24-32(34(39)27-29)37(44)46-35(38(40,41)42)20-16-8-6-4-2/h13-15,18-19,21-24,26-27,35H,3-12,16-17,20,25H2,1-2H3. The third kappa shape index (κ3) is 11.6. The second-order valence-corrected chi connectivity index (χ2v) is 11.7. The average Bonchev–Trinajstić information content (AvgIpc) is 3.04. The van der Waals surface area contributed by atoms with Crippen molar-refractivity contribution in [2.45, 2.75) is 110 Å². The van der Waals surface area contributed by atoms with Crippen LogP contribution in [0.15, 0.2) is 66.7 Å². The molecule has 0 bridgehead atoms. The van der Waals surface area contributed by atoms with Crippen LogP contribution in [0.25, 0.3) is 22.3 Å². The Morgan fingerprint density at radius 2 is 1.30 bits per heavy atom. The van der Waals surface area contributed by atoms with Crippen molar-refractivity contribution < 1.29 is 36.6 Å². The Balaban J connectivity index is 1.76. The van der Waals surface area contributed by atoms with Gasteiger partial charge >= 0.3 is 18.1 Å². The normalized spacial score (nSPS) is 12.1. The van der Waals surface area contributed by atoms with E-state index in [1.165, 1.54) is 38.2 Å². The molecule has 3 rings (SSSR count). The molecule has 4 nitrogen and oxygen atoms in total. The van der Waals surface area contributed by atoms with Gasteiger partial charge in [0.2, 0.25) is 0 Å². The van der Waals surface area contributed by atoms with Crippen LogP contribution in [0.4, 0.5) is 17.6 Å². The number of carbonyl (C=O) groups excluding carboxylic acids is 2. The van der Waals surface area contributed by atoms with Gasteiger partial charge in [0.1, 0.15) is 5.82 Å². The van der Waals surface area contributed by atoms with Gasteiger partial charge in [-0.3, -0.25) is 0 Å². The van der Waals surface area contributed by atoms with Crippen molar-refractivity contribution in [3.05, 3.63) is 83.7 Å². The number of esters is 2. The Morgan fingerprint density at radius 3 is 1.93 bits per heavy atom. The van der Waals surface area contributed by atoms with Crippen molar-refractivity contribution in [2.75, 3.05) is 6.61 Å². The first-order valence-corrected chi connectivity index (χ1v) is 16.6. The summed E-state index contributed by atoms with van der Waals surface area (Å²) in [7, 11) is 0. The fraction of sp³-hybridized carbons (Fsp3) is 0.474. The molecule has 0 N–H and O–H groups in total. The van der Waals surface area contributed by atoms with E-state index in [1.54, 1.807) is 18.2 Å². The molecule has 0 saturated heterocycles. The summed E-state index contributed by atoms with van der Waals surface area (Å²) < 4.78 is 66.4. The number of rotatable bonds is 19. The summed E-state index contributed by atoms with van der Waals surface area (Å²) in [5.74, 6) is -2.89. The molecule has 46 heavy (non-hydrogen) atoms. The number of unbranched alkanes of at least 4 members (excludes halogenated alkanes) is 10. The summed E-state index contributed by atoms with van der Waals surface area (Å²) in [6.45, 7) is 4.43. The van der Waals surface area contributed by atoms with Crippen LogP contribution in [0, 0.1) is 5.82 Å². The lowest BCUT2D eigenvalue weighted by Gasteiger charge is -2.21. The van der Waals surface area contributed by atoms with Crippen molar-refractivity contribution in [3.8, 4) is 22.3 Å². The lowest BCUT2D eigenvalue weighted by molar-refractivity contribution is -0.206. The zero-order chi connectivity index (χ0) is 33.4. The highest BCUT2D eigenvalue weighted by atomic mass is 19.4. The molecular formula is C38H46F4O4. The van der Waals surface area contributed by atoms with Crippen molar-refractivity contribution >= 4 is 11.9 Å². The van der Waals surface area contributed by atoms with E-state index in [0.717, 1.165) is 49.8 Å². The molecule has 0 fully saturated rings. The van der Waals surface area contributed by atoms with Crippen LogP contribution >= 0.6 is 0 Å². The number of ether oxygens (including phenoxy) is 2. The molecule has 0 amide bonds. The summed E-state index contributed by atoms with van der Waals surface area (Å²) in [6, 6.07) is 18.0. The van der Waals surface area contributed by atoms with Gasteiger partial charge < -0.3 is 9.47 Å². The molecule has 8 heteroatoms. The minimum absolute atomic E-state index is 0.243. The molecule has 0 heterocycles. The molecule has 250 valence electrons. The van der Waals surface area contributed by atoms with E-state index < -0.39 is 35.6 Å². The minimum Gasteiger partial charge on any atom is -0.462 e. The molecule has 0 aliphatic heterocycles. The first-order chi connectivity index (χ1) is 22.2. The number of halogens is 4. The third-order valence-electron chi connectivity index (χ3n) is 8.01. The van der Waals surface area contributed by atoms with Crippen LogP contribution in [-0.4, -0.2) is 30.8 Å². The summed E-state index contributed by atoms with van der Waals surface area (Å²) >= 11 is 0. The van der Waals surface area contributed by atoms with Crippen LogP contribution in [0.3, 0.4) is 0 Å². The first-order valence-electron chi connectivity index (χ1n) is 16.6. The SMILES string of the molecule is CCCCCCCCCCOC(=O)c1ccc(-c2ccccc2)c(-c2ccc(C(=O)OC(CCCCCC)C(F)(F)F)c(F)c2)c1. The molecule has 1 atom stereocenters.